The SMILES string of the molecule is CCCCCCCCCCC/C=C\CCCCC(=O)OCC(O)CO. The Bertz CT molecular complexity index is 315. The molecular weight excluding hydrogens is 316 g/mol. The zero-order valence-corrected chi connectivity index (χ0v) is 16.3. The van der Waals surface area contributed by atoms with Crippen molar-refractivity contribution in [1.29, 1.82) is 0 Å². The molecule has 1 atom stereocenters. The van der Waals surface area contributed by atoms with Crippen LogP contribution in [0.3, 0.4) is 0 Å². The molecule has 0 rings (SSSR count). The van der Waals surface area contributed by atoms with Crippen LogP contribution in [0.2, 0.25) is 0 Å². The van der Waals surface area contributed by atoms with Crippen molar-refractivity contribution in [2.75, 3.05) is 13.2 Å². The predicted octanol–water partition coefficient (Wildman–Crippen LogP) is 4.92. The second-order valence-electron chi connectivity index (χ2n) is 6.85. The Morgan fingerprint density at radius 1 is 0.880 bits per heavy atom. The van der Waals surface area contributed by atoms with E-state index in [1.165, 1.54) is 57.8 Å². The van der Waals surface area contributed by atoms with Gasteiger partial charge in [-0.2, -0.15) is 0 Å². The third-order valence-electron chi connectivity index (χ3n) is 4.29. The maximum atomic E-state index is 11.4. The Labute approximate surface area is 154 Å². The Morgan fingerprint density at radius 2 is 1.40 bits per heavy atom. The van der Waals surface area contributed by atoms with Crippen molar-refractivity contribution in [3.05, 3.63) is 12.2 Å². The van der Waals surface area contributed by atoms with Crippen LogP contribution in [0.1, 0.15) is 96.8 Å². The number of aliphatic hydroxyl groups excluding tert-OH is 2. The van der Waals surface area contributed by atoms with Gasteiger partial charge >= 0.3 is 5.97 Å². The summed E-state index contributed by atoms with van der Waals surface area (Å²) in [6.45, 7) is 1.76. The molecule has 0 aliphatic heterocycles. The number of hydrogen-bond acceptors (Lipinski definition) is 4. The number of allylic oxidation sites excluding steroid dienone is 2. The number of hydrogen-bond donors (Lipinski definition) is 2. The Kier molecular flexibility index (Phi) is 18.8. The molecule has 2 N–H and O–H groups in total. The molecule has 148 valence electrons. The van der Waals surface area contributed by atoms with Crippen molar-refractivity contribution >= 4 is 5.97 Å². The molecule has 0 spiro atoms. The average molecular weight is 357 g/mol. The normalized spacial score (nSPS) is 12.6. The molecule has 4 heteroatoms. The molecule has 0 aliphatic carbocycles. The summed E-state index contributed by atoms with van der Waals surface area (Å²) in [4.78, 5) is 11.4. The number of ether oxygens (including phenoxy) is 1. The molecule has 0 aromatic carbocycles. The van der Waals surface area contributed by atoms with Crippen LogP contribution in [-0.2, 0) is 9.53 Å². The summed E-state index contributed by atoms with van der Waals surface area (Å²) in [7, 11) is 0. The van der Waals surface area contributed by atoms with Crippen molar-refractivity contribution < 1.29 is 19.7 Å². The van der Waals surface area contributed by atoms with E-state index in [0.717, 1.165) is 25.7 Å². The van der Waals surface area contributed by atoms with E-state index < -0.39 is 6.10 Å². The smallest absolute Gasteiger partial charge is 0.305 e. The molecule has 25 heavy (non-hydrogen) atoms. The zero-order valence-electron chi connectivity index (χ0n) is 16.3. The Morgan fingerprint density at radius 3 is 1.96 bits per heavy atom. The molecule has 0 radical (unpaired) electrons. The lowest BCUT2D eigenvalue weighted by atomic mass is 10.1. The molecular formula is C21H40O4. The van der Waals surface area contributed by atoms with E-state index in [-0.39, 0.29) is 19.2 Å². The first-order chi connectivity index (χ1) is 12.2. The summed E-state index contributed by atoms with van der Waals surface area (Å²) in [6.07, 6.45) is 20.1. The summed E-state index contributed by atoms with van der Waals surface area (Å²) < 4.78 is 4.85. The number of carbonyl (C=O) groups is 1. The number of esters is 1. The van der Waals surface area contributed by atoms with Gasteiger partial charge in [-0.05, 0) is 32.1 Å². The van der Waals surface area contributed by atoms with Gasteiger partial charge in [0.2, 0.25) is 0 Å². The molecule has 1 unspecified atom stereocenters. The highest BCUT2D eigenvalue weighted by molar-refractivity contribution is 5.69. The monoisotopic (exact) mass is 356 g/mol. The third-order valence-corrected chi connectivity index (χ3v) is 4.29. The van der Waals surface area contributed by atoms with Crippen molar-refractivity contribution in [2.45, 2.75) is 103 Å². The van der Waals surface area contributed by atoms with Crippen LogP contribution in [0.4, 0.5) is 0 Å². The highest BCUT2D eigenvalue weighted by Crippen LogP contribution is 2.11. The van der Waals surface area contributed by atoms with Gasteiger partial charge < -0.3 is 14.9 Å². The van der Waals surface area contributed by atoms with Gasteiger partial charge in [-0.25, -0.2) is 0 Å². The van der Waals surface area contributed by atoms with E-state index in [2.05, 4.69) is 19.1 Å². The predicted molar refractivity (Wildman–Crippen MR) is 104 cm³/mol. The lowest BCUT2D eigenvalue weighted by Gasteiger charge is -2.07. The standard InChI is InChI=1S/C21H40O4/c1-2-3-4-5-6-7-8-9-10-11-12-13-14-15-16-17-21(24)25-19-20(23)18-22/h12-13,20,22-23H,2-11,14-19H2,1H3/b13-12-. The van der Waals surface area contributed by atoms with Crippen LogP contribution in [0.25, 0.3) is 0 Å². The number of rotatable bonds is 18. The van der Waals surface area contributed by atoms with Gasteiger partial charge in [0.25, 0.3) is 0 Å². The van der Waals surface area contributed by atoms with E-state index in [9.17, 15) is 4.79 Å². The molecule has 0 amide bonds. The quantitative estimate of drug-likeness (QED) is 0.208. The van der Waals surface area contributed by atoms with Crippen LogP contribution in [-0.4, -0.2) is 35.5 Å². The molecule has 0 heterocycles. The third kappa shape index (κ3) is 19.3. The lowest BCUT2D eigenvalue weighted by Crippen LogP contribution is -2.21. The second kappa shape index (κ2) is 19.5. The molecule has 0 aliphatic rings. The highest BCUT2D eigenvalue weighted by atomic mass is 16.5. The number of unbranched alkanes of at least 4 members (excludes halogenated alkanes) is 11. The van der Waals surface area contributed by atoms with E-state index in [0.29, 0.717) is 6.42 Å². The first-order valence-electron chi connectivity index (χ1n) is 10.3. The fourth-order valence-corrected chi connectivity index (χ4v) is 2.65. The molecule has 0 saturated heterocycles. The van der Waals surface area contributed by atoms with Gasteiger partial charge in [-0.1, -0.05) is 70.4 Å². The molecule has 0 bridgehead atoms. The van der Waals surface area contributed by atoms with Gasteiger partial charge in [0, 0.05) is 6.42 Å². The summed E-state index contributed by atoms with van der Waals surface area (Å²) >= 11 is 0. The first-order valence-corrected chi connectivity index (χ1v) is 10.3. The fraction of sp³-hybridized carbons (Fsp3) is 0.857. The Balaban J connectivity index is 3.24. The largest absolute Gasteiger partial charge is 0.463 e. The highest BCUT2D eigenvalue weighted by Gasteiger charge is 2.06. The van der Waals surface area contributed by atoms with Crippen molar-refractivity contribution in [1.82, 2.24) is 0 Å². The van der Waals surface area contributed by atoms with Crippen LogP contribution in [0.15, 0.2) is 12.2 Å². The number of aliphatic hydroxyl groups is 2. The second-order valence-corrected chi connectivity index (χ2v) is 6.85. The minimum atomic E-state index is -0.965. The van der Waals surface area contributed by atoms with Crippen LogP contribution >= 0.6 is 0 Å². The van der Waals surface area contributed by atoms with E-state index in [1.807, 2.05) is 0 Å². The Hall–Kier alpha value is -0.870. The van der Waals surface area contributed by atoms with E-state index in [1.54, 1.807) is 0 Å². The lowest BCUT2D eigenvalue weighted by molar-refractivity contribution is -0.147. The van der Waals surface area contributed by atoms with Gasteiger partial charge in [0.1, 0.15) is 12.7 Å². The van der Waals surface area contributed by atoms with Crippen LogP contribution in [0.5, 0.6) is 0 Å². The first kappa shape index (κ1) is 24.1. The topological polar surface area (TPSA) is 66.8 Å². The van der Waals surface area contributed by atoms with Gasteiger partial charge in [0.15, 0.2) is 0 Å². The van der Waals surface area contributed by atoms with Gasteiger partial charge in [-0.3, -0.25) is 4.79 Å². The zero-order chi connectivity index (χ0) is 18.6. The summed E-state index contributed by atoms with van der Waals surface area (Å²) in [5.41, 5.74) is 0. The number of carbonyl (C=O) groups excluding carboxylic acids is 1. The van der Waals surface area contributed by atoms with E-state index in [4.69, 9.17) is 14.9 Å². The maximum absolute atomic E-state index is 11.4. The van der Waals surface area contributed by atoms with Gasteiger partial charge in [0.05, 0.1) is 6.61 Å². The minimum Gasteiger partial charge on any atom is -0.463 e. The van der Waals surface area contributed by atoms with Crippen LogP contribution < -0.4 is 0 Å². The molecule has 4 nitrogen and oxygen atoms in total. The fourth-order valence-electron chi connectivity index (χ4n) is 2.65. The van der Waals surface area contributed by atoms with Crippen molar-refractivity contribution in [2.24, 2.45) is 0 Å². The average Bonchev–Trinajstić information content (AvgIpc) is 2.62. The van der Waals surface area contributed by atoms with Gasteiger partial charge in [-0.15, -0.1) is 0 Å². The van der Waals surface area contributed by atoms with E-state index >= 15 is 0 Å². The van der Waals surface area contributed by atoms with Crippen molar-refractivity contribution in [3.8, 4) is 0 Å². The van der Waals surface area contributed by atoms with Crippen molar-refractivity contribution in [3.63, 3.8) is 0 Å². The summed E-state index contributed by atoms with van der Waals surface area (Å²) in [5.74, 6) is -0.300. The molecule has 0 aromatic rings. The molecule has 0 aromatic heterocycles. The maximum Gasteiger partial charge on any atom is 0.305 e. The minimum absolute atomic E-state index is 0.117. The van der Waals surface area contributed by atoms with Crippen LogP contribution in [0, 0.1) is 0 Å². The molecule has 0 saturated carbocycles. The summed E-state index contributed by atoms with van der Waals surface area (Å²) in [5, 5.41) is 17.7. The molecule has 0 fully saturated rings. The summed E-state index contributed by atoms with van der Waals surface area (Å²) in [6, 6.07) is 0.